The van der Waals surface area contributed by atoms with Crippen molar-refractivity contribution in [3.63, 3.8) is 0 Å². The summed E-state index contributed by atoms with van der Waals surface area (Å²) in [5.41, 5.74) is 0.836. The third kappa shape index (κ3) is 3.26. The second kappa shape index (κ2) is 6.77. The molecule has 5 nitrogen and oxygen atoms in total. The van der Waals surface area contributed by atoms with Gasteiger partial charge >= 0.3 is 0 Å². The number of rotatable bonds is 5. The van der Waals surface area contributed by atoms with Crippen LogP contribution in [0.1, 0.15) is 19.0 Å². The Balaban J connectivity index is 2.22. The lowest BCUT2D eigenvalue weighted by Crippen LogP contribution is -2.29. The summed E-state index contributed by atoms with van der Waals surface area (Å²) in [4.78, 5) is 7.06. The maximum atomic E-state index is 14.3. The number of hydrogen-bond donors (Lipinski definition) is 1. The molecule has 0 aliphatic carbocycles. The Kier molecular flexibility index (Phi) is 4.66. The normalized spacial score (nSPS) is 11.5. The predicted molar refractivity (Wildman–Crippen MR) is 96.6 cm³/mol. The molecule has 2 heterocycles. The molecule has 8 heteroatoms. The summed E-state index contributed by atoms with van der Waals surface area (Å²) in [5, 5.41) is 0.578. The van der Waals surface area contributed by atoms with E-state index in [9.17, 15) is 17.2 Å². The lowest BCUT2D eigenvalue weighted by molar-refractivity contribution is 0.578. The van der Waals surface area contributed by atoms with Crippen LogP contribution in [-0.2, 0) is 10.0 Å². The first-order valence-electron chi connectivity index (χ1n) is 7.79. The molecule has 0 radical (unpaired) electrons. The molecule has 1 aromatic carbocycles. The SMILES string of the molecule is C#Cc1cc2cc(N(c3ccc(F)cc3F)S(=O)(=O)CCC)cnc2[nH]1. The van der Waals surface area contributed by atoms with Crippen molar-refractivity contribution in [3.8, 4) is 12.3 Å². The number of fused-ring (bicyclic) bond motifs is 1. The molecule has 0 saturated carbocycles. The average molecular weight is 375 g/mol. The van der Waals surface area contributed by atoms with Gasteiger partial charge < -0.3 is 4.98 Å². The molecule has 2 aromatic heterocycles. The van der Waals surface area contributed by atoms with Gasteiger partial charge in [0.15, 0.2) is 5.82 Å². The van der Waals surface area contributed by atoms with E-state index >= 15 is 0 Å². The smallest absolute Gasteiger partial charge is 0.239 e. The van der Waals surface area contributed by atoms with Gasteiger partial charge in [0.05, 0.1) is 29.0 Å². The van der Waals surface area contributed by atoms with Crippen molar-refractivity contribution in [1.82, 2.24) is 9.97 Å². The number of benzene rings is 1. The molecule has 0 spiro atoms. The van der Waals surface area contributed by atoms with E-state index in [0.717, 1.165) is 16.4 Å². The van der Waals surface area contributed by atoms with Gasteiger partial charge in [0, 0.05) is 11.5 Å². The number of nitrogens with one attached hydrogen (secondary N) is 1. The minimum atomic E-state index is -3.90. The summed E-state index contributed by atoms with van der Waals surface area (Å²) in [6, 6.07) is 5.91. The van der Waals surface area contributed by atoms with Crippen LogP contribution in [-0.4, -0.2) is 24.1 Å². The molecule has 1 N–H and O–H groups in total. The number of terminal acetylenes is 1. The zero-order valence-corrected chi connectivity index (χ0v) is 14.6. The third-order valence-corrected chi connectivity index (χ3v) is 5.60. The van der Waals surface area contributed by atoms with Crippen molar-refractivity contribution in [2.24, 2.45) is 0 Å². The molecular weight excluding hydrogens is 360 g/mol. The highest BCUT2D eigenvalue weighted by molar-refractivity contribution is 7.93. The highest BCUT2D eigenvalue weighted by Crippen LogP contribution is 2.33. The fourth-order valence-corrected chi connectivity index (χ4v) is 4.20. The summed E-state index contributed by atoms with van der Waals surface area (Å²) in [6.07, 6.45) is 6.98. The van der Waals surface area contributed by atoms with Gasteiger partial charge in [-0.25, -0.2) is 26.5 Å². The number of aromatic nitrogens is 2. The van der Waals surface area contributed by atoms with E-state index in [1.54, 1.807) is 13.0 Å². The first-order chi connectivity index (χ1) is 12.4. The first-order valence-corrected chi connectivity index (χ1v) is 9.40. The summed E-state index contributed by atoms with van der Waals surface area (Å²) in [6.45, 7) is 1.70. The molecule has 0 bridgehead atoms. The Morgan fingerprint density at radius 2 is 2.04 bits per heavy atom. The Labute approximate surface area is 149 Å². The number of H-pyrrole nitrogens is 1. The number of halogens is 2. The fourth-order valence-electron chi connectivity index (χ4n) is 2.64. The second-order valence-corrected chi connectivity index (χ2v) is 7.57. The zero-order valence-electron chi connectivity index (χ0n) is 13.8. The van der Waals surface area contributed by atoms with Gasteiger partial charge in [-0.05, 0) is 30.7 Å². The third-order valence-electron chi connectivity index (χ3n) is 3.71. The topological polar surface area (TPSA) is 66.1 Å². The fraction of sp³-hybridized carbons (Fsp3) is 0.167. The predicted octanol–water partition coefficient (Wildman–Crippen LogP) is 3.70. The highest BCUT2D eigenvalue weighted by Gasteiger charge is 2.27. The Bertz CT molecular complexity index is 1120. The van der Waals surface area contributed by atoms with Crippen LogP contribution in [0, 0.1) is 24.0 Å². The molecule has 0 saturated heterocycles. The molecule has 0 unspecified atom stereocenters. The molecule has 0 atom stereocenters. The molecule has 0 aliphatic heterocycles. The van der Waals surface area contributed by atoms with E-state index in [1.165, 1.54) is 12.3 Å². The van der Waals surface area contributed by atoms with E-state index in [0.29, 0.717) is 29.2 Å². The molecule has 3 aromatic rings. The van der Waals surface area contributed by atoms with E-state index in [-0.39, 0.29) is 17.1 Å². The summed E-state index contributed by atoms with van der Waals surface area (Å²) < 4.78 is 54.0. The lowest BCUT2D eigenvalue weighted by Gasteiger charge is -2.24. The van der Waals surface area contributed by atoms with Gasteiger partial charge in [-0.3, -0.25) is 0 Å². The van der Waals surface area contributed by atoms with Crippen molar-refractivity contribution in [1.29, 1.82) is 0 Å². The van der Waals surface area contributed by atoms with Crippen molar-refractivity contribution in [2.75, 3.05) is 10.1 Å². The maximum absolute atomic E-state index is 14.3. The second-order valence-electron chi connectivity index (χ2n) is 5.63. The van der Waals surface area contributed by atoms with Crippen molar-refractivity contribution in [3.05, 3.63) is 53.9 Å². The van der Waals surface area contributed by atoms with E-state index in [2.05, 4.69) is 15.9 Å². The van der Waals surface area contributed by atoms with Gasteiger partial charge in [0.1, 0.15) is 11.5 Å². The lowest BCUT2D eigenvalue weighted by atomic mass is 10.2. The number of sulfonamides is 1. The van der Waals surface area contributed by atoms with E-state index in [1.807, 2.05) is 0 Å². The van der Waals surface area contributed by atoms with Crippen molar-refractivity contribution < 1.29 is 17.2 Å². The monoisotopic (exact) mass is 375 g/mol. The molecule has 0 aliphatic rings. The van der Waals surface area contributed by atoms with E-state index in [4.69, 9.17) is 6.42 Å². The summed E-state index contributed by atoms with van der Waals surface area (Å²) >= 11 is 0. The van der Waals surface area contributed by atoms with Crippen LogP contribution in [0.15, 0.2) is 36.5 Å². The Hall–Kier alpha value is -2.92. The molecule has 26 heavy (non-hydrogen) atoms. The Morgan fingerprint density at radius 3 is 2.69 bits per heavy atom. The van der Waals surface area contributed by atoms with Gasteiger partial charge in [0.25, 0.3) is 0 Å². The van der Waals surface area contributed by atoms with Crippen LogP contribution in [0.5, 0.6) is 0 Å². The molecule has 0 fully saturated rings. The van der Waals surface area contributed by atoms with Gasteiger partial charge in [0.2, 0.25) is 10.0 Å². The minimum Gasteiger partial charge on any atom is -0.333 e. The van der Waals surface area contributed by atoms with Gasteiger partial charge in [-0.1, -0.05) is 12.8 Å². The molecular formula is C18H15F2N3O2S. The molecule has 3 rings (SSSR count). The van der Waals surface area contributed by atoms with Crippen LogP contribution in [0.25, 0.3) is 11.0 Å². The van der Waals surface area contributed by atoms with Crippen LogP contribution >= 0.6 is 0 Å². The van der Waals surface area contributed by atoms with Crippen LogP contribution in [0.3, 0.4) is 0 Å². The number of hydrogen-bond acceptors (Lipinski definition) is 3. The first kappa shape index (κ1) is 17.9. The summed E-state index contributed by atoms with van der Waals surface area (Å²) in [7, 11) is -3.90. The standard InChI is InChI=1S/C18H15F2N3O2S/c1-3-7-26(24,25)23(17-6-5-13(19)10-16(17)20)15-9-12-8-14(4-2)22-18(12)21-11-15/h2,5-6,8-11H,3,7H2,1H3,(H,21,22). The zero-order chi connectivity index (χ0) is 18.9. The quantitative estimate of drug-likeness (QED) is 0.692. The average Bonchev–Trinajstić information content (AvgIpc) is 2.99. The highest BCUT2D eigenvalue weighted by atomic mass is 32.2. The Morgan fingerprint density at radius 1 is 1.27 bits per heavy atom. The van der Waals surface area contributed by atoms with Crippen LogP contribution < -0.4 is 4.31 Å². The van der Waals surface area contributed by atoms with Crippen molar-refractivity contribution in [2.45, 2.75) is 13.3 Å². The van der Waals surface area contributed by atoms with Crippen LogP contribution in [0.2, 0.25) is 0 Å². The van der Waals surface area contributed by atoms with Gasteiger partial charge in [-0.2, -0.15) is 0 Å². The van der Waals surface area contributed by atoms with Gasteiger partial charge in [-0.15, -0.1) is 6.42 Å². The number of nitrogens with zero attached hydrogens (tertiary/aromatic N) is 2. The largest absolute Gasteiger partial charge is 0.333 e. The number of anilines is 2. The summed E-state index contributed by atoms with van der Waals surface area (Å²) in [5.74, 6) is 0.452. The minimum absolute atomic E-state index is 0.138. The number of aromatic amines is 1. The molecule has 0 amide bonds. The maximum Gasteiger partial charge on any atom is 0.239 e. The number of pyridine rings is 1. The van der Waals surface area contributed by atoms with E-state index < -0.39 is 21.7 Å². The van der Waals surface area contributed by atoms with Crippen molar-refractivity contribution >= 4 is 32.4 Å². The molecule has 134 valence electrons. The van der Waals surface area contributed by atoms with Crippen LogP contribution in [0.4, 0.5) is 20.2 Å².